The highest BCUT2D eigenvalue weighted by Crippen LogP contribution is 2.61. The van der Waals surface area contributed by atoms with Crippen LogP contribution in [-0.2, 0) is 27.2 Å². The second-order valence-corrected chi connectivity index (χ2v) is 10.3. The molecule has 0 radical (unpaired) electrons. The highest BCUT2D eigenvalue weighted by Gasteiger charge is 2.50. The Morgan fingerprint density at radius 1 is 1.21 bits per heavy atom. The average Bonchev–Trinajstić information content (AvgIpc) is 3.45. The molecule has 2 unspecified atom stereocenters. The molecule has 0 aliphatic carbocycles. The molecule has 0 bridgehead atoms. The van der Waals surface area contributed by atoms with E-state index in [1.165, 1.54) is 18.2 Å². The minimum Gasteiger partial charge on any atom is -0.481 e. The van der Waals surface area contributed by atoms with Crippen LogP contribution in [-0.4, -0.2) is 66.3 Å². The third-order valence-corrected chi connectivity index (χ3v) is 7.50. The van der Waals surface area contributed by atoms with Gasteiger partial charge in [0, 0.05) is 31.8 Å². The summed E-state index contributed by atoms with van der Waals surface area (Å²) in [5.74, 6) is -3.07. The van der Waals surface area contributed by atoms with E-state index in [2.05, 4.69) is 15.3 Å². The molecule has 2 atom stereocenters. The lowest BCUT2D eigenvalue weighted by Gasteiger charge is -2.27. The van der Waals surface area contributed by atoms with Crippen LogP contribution < -0.4 is 5.32 Å². The molecule has 5 N–H and O–H groups in total. The van der Waals surface area contributed by atoms with E-state index in [0.29, 0.717) is 12.1 Å². The van der Waals surface area contributed by atoms with Crippen molar-refractivity contribution in [1.29, 1.82) is 0 Å². The molecule has 176 valence electrons. The summed E-state index contributed by atoms with van der Waals surface area (Å²) in [7, 11) is -3.94. The van der Waals surface area contributed by atoms with Gasteiger partial charge in [0.2, 0.25) is 11.3 Å². The number of carboxylic acid groups (broad SMARTS) is 1. The number of H-pyrrole nitrogens is 1. The van der Waals surface area contributed by atoms with Crippen LogP contribution in [0.4, 0.5) is 0 Å². The lowest BCUT2D eigenvalue weighted by atomic mass is 10.0. The maximum absolute atomic E-state index is 13.3. The topological polar surface area (TPSA) is 156 Å². The summed E-state index contributed by atoms with van der Waals surface area (Å²) in [6, 6.07) is 8.01. The number of hydrogen-bond donors (Lipinski definition) is 5. The second kappa shape index (κ2) is 10.7. The zero-order chi connectivity index (χ0) is 24.0. The number of benzene rings is 1. The van der Waals surface area contributed by atoms with E-state index < -0.39 is 43.6 Å². The smallest absolute Gasteiger partial charge is 0.317 e. The molecule has 2 amide bonds. The minimum atomic E-state index is -3.94. The van der Waals surface area contributed by atoms with Crippen LogP contribution in [0.15, 0.2) is 54.4 Å². The van der Waals surface area contributed by atoms with Crippen molar-refractivity contribution in [2.24, 2.45) is 5.92 Å². The summed E-state index contributed by atoms with van der Waals surface area (Å²) < 4.78 is 0. The number of aliphatic carboxylic acids is 1. The molecule has 3 rings (SSSR count). The number of carbonyl (C=O) groups is 3. The summed E-state index contributed by atoms with van der Waals surface area (Å²) in [5.41, 5.74) is 1.44. The number of rotatable bonds is 10. The van der Waals surface area contributed by atoms with Crippen LogP contribution >= 0.6 is 7.72 Å². The van der Waals surface area contributed by atoms with Gasteiger partial charge in [-0.05, 0) is 24.5 Å². The Hall–Kier alpha value is -3.07. The number of nitrogens with zero attached hydrogens (tertiary/aromatic N) is 2. The Balaban J connectivity index is 1.77. The number of imidazole rings is 1. The van der Waals surface area contributed by atoms with Gasteiger partial charge in [0.1, 0.15) is 12.2 Å². The van der Waals surface area contributed by atoms with Crippen molar-refractivity contribution in [3.63, 3.8) is 0 Å². The lowest BCUT2D eigenvalue weighted by Crippen LogP contribution is -2.48. The highest BCUT2D eigenvalue weighted by atomic mass is 31.2. The molecular formula is C22H28N4O6P+. The van der Waals surface area contributed by atoms with Gasteiger partial charge in [-0.1, -0.05) is 30.3 Å². The Bertz CT molecular complexity index is 1010. The first-order valence-electron chi connectivity index (χ1n) is 10.5. The highest BCUT2D eigenvalue weighted by molar-refractivity contribution is 7.68. The largest absolute Gasteiger partial charge is 0.481 e. The molecule has 11 heteroatoms. The molecular weight excluding hydrogens is 447 g/mol. The summed E-state index contributed by atoms with van der Waals surface area (Å²) in [6.45, 7) is 1.51. The molecule has 1 aromatic heterocycles. The Morgan fingerprint density at radius 2 is 1.94 bits per heavy atom. The van der Waals surface area contributed by atoms with E-state index in [1.807, 2.05) is 6.07 Å². The molecule has 0 fully saturated rings. The maximum atomic E-state index is 13.3. The molecule has 2 heterocycles. The fourth-order valence-corrected chi connectivity index (χ4v) is 5.98. The fourth-order valence-electron chi connectivity index (χ4n) is 3.89. The van der Waals surface area contributed by atoms with Crippen LogP contribution in [0.3, 0.4) is 0 Å². The average molecular weight is 475 g/mol. The lowest BCUT2D eigenvalue weighted by molar-refractivity contribution is -0.141. The van der Waals surface area contributed by atoms with Gasteiger partial charge in [0.15, 0.2) is 0 Å². The summed E-state index contributed by atoms with van der Waals surface area (Å²) in [5, 5.41) is 12.3. The van der Waals surface area contributed by atoms with Gasteiger partial charge in [-0.25, -0.2) is 14.8 Å². The van der Waals surface area contributed by atoms with E-state index in [4.69, 9.17) is 0 Å². The normalized spacial score (nSPS) is 15.6. The van der Waals surface area contributed by atoms with E-state index in [0.717, 1.165) is 5.56 Å². The third-order valence-electron chi connectivity index (χ3n) is 5.39. The van der Waals surface area contributed by atoms with Crippen LogP contribution in [0.5, 0.6) is 0 Å². The van der Waals surface area contributed by atoms with Crippen LogP contribution in [0, 0.1) is 5.92 Å². The molecule has 1 aromatic carbocycles. The number of carboxylic acids is 1. The van der Waals surface area contributed by atoms with Gasteiger partial charge < -0.3 is 15.4 Å². The van der Waals surface area contributed by atoms with E-state index >= 15 is 0 Å². The van der Waals surface area contributed by atoms with Crippen molar-refractivity contribution >= 4 is 25.5 Å². The molecule has 0 saturated heterocycles. The van der Waals surface area contributed by atoms with Gasteiger partial charge in [-0.15, -0.1) is 0 Å². The Kier molecular flexibility index (Phi) is 7.97. The second-order valence-electron chi connectivity index (χ2n) is 8.01. The summed E-state index contributed by atoms with van der Waals surface area (Å²) >= 11 is 0. The number of hydrogen-bond acceptors (Lipinski definition) is 6. The first kappa shape index (κ1) is 24.6. The van der Waals surface area contributed by atoms with Crippen molar-refractivity contribution in [2.45, 2.75) is 32.2 Å². The standard InChI is InChI=1S/C22H27N4O6P/c1-15(27)25-19(11-18-12-23-14-24-18)21(28)26-9-5-8-20(26)33(31,32)13-17(22(29)30)10-16-6-3-2-4-7-16/h2-4,6-8,12,14,17,19,31-32H,5,9-11,13H2,1H3,(H2-,23,24,25,27,29,30)/p+1. The van der Waals surface area contributed by atoms with E-state index in [1.54, 1.807) is 36.5 Å². The number of aromatic nitrogens is 2. The first-order chi connectivity index (χ1) is 15.7. The zero-order valence-electron chi connectivity index (χ0n) is 18.2. The van der Waals surface area contributed by atoms with Crippen molar-refractivity contribution < 1.29 is 29.3 Å². The van der Waals surface area contributed by atoms with Gasteiger partial charge in [0.05, 0.1) is 12.2 Å². The number of amides is 2. The number of nitrogens with one attached hydrogen (secondary N) is 2. The molecule has 10 nitrogen and oxygen atoms in total. The molecule has 0 saturated carbocycles. The van der Waals surface area contributed by atoms with Crippen molar-refractivity contribution in [2.75, 3.05) is 12.7 Å². The van der Waals surface area contributed by atoms with Crippen LogP contribution in [0.2, 0.25) is 0 Å². The maximum Gasteiger partial charge on any atom is 0.317 e. The predicted molar refractivity (Wildman–Crippen MR) is 122 cm³/mol. The Morgan fingerprint density at radius 3 is 2.55 bits per heavy atom. The van der Waals surface area contributed by atoms with Crippen molar-refractivity contribution in [3.8, 4) is 0 Å². The van der Waals surface area contributed by atoms with Gasteiger partial charge >= 0.3 is 13.7 Å². The monoisotopic (exact) mass is 475 g/mol. The third kappa shape index (κ3) is 6.47. The van der Waals surface area contributed by atoms with E-state index in [-0.39, 0.29) is 24.8 Å². The van der Waals surface area contributed by atoms with Crippen molar-refractivity contribution in [3.05, 3.63) is 65.6 Å². The van der Waals surface area contributed by atoms with Crippen LogP contribution in [0.25, 0.3) is 0 Å². The molecule has 1 aliphatic rings. The minimum absolute atomic E-state index is 0.0341. The predicted octanol–water partition coefficient (Wildman–Crippen LogP) is 1.31. The van der Waals surface area contributed by atoms with Crippen LogP contribution in [0.1, 0.15) is 24.6 Å². The van der Waals surface area contributed by atoms with E-state index in [9.17, 15) is 29.3 Å². The molecule has 1 aliphatic heterocycles. The quantitative estimate of drug-likeness (QED) is 0.324. The molecule has 33 heavy (non-hydrogen) atoms. The number of aromatic amines is 1. The van der Waals surface area contributed by atoms with Gasteiger partial charge in [0.25, 0.3) is 5.91 Å². The van der Waals surface area contributed by atoms with Gasteiger partial charge in [-0.3, -0.25) is 19.3 Å². The summed E-state index contributed by atoms with van der Waals surface area (Å²) in [4.78, 5) is 66.9. The zero-order valence-corrected chi connectivity index (χ0v) is 19.1. The van der Waals surface area contributed by atoms with Gasteiger partial charge in [-0.2, -0.15) is 0 Å². The fraction of sp³-hybridized carbons (Fsp3) is 0.364. The number of carbonyl (C=O) groups excluding carboxylic acids is 2. The summed E-state index contributed by atoms with van der Waals surface area (Å²) in [6.07, 6.45) is 4.86. The Labute approximate surface area is 191 Å². The molecule has 2 aromatic rings. The van der Waals surface area contributed by atoms with Crippen molar-refractivity contribution in [1.82, 2.24) is 20.2 Å². The first-order valence-corrected chi connectivity index (χ1v) is 12.4. The molecule has 0 spiro atoms. The SMILES string of the molecule is CC(=O)NC(Cc1cnc[nH]1)C(=O)N1CCC=C1[P+](O)(O)CC(Cc1ccccc1)C(=O)O.